The number of nitrogens with zero attached hydrogens (tertiary/aromatic N) is 2. The molecule has 0 spiro atoms. The van der Waals surface area contributed by atoms with Gasteiger partial charge in [-0.15, -0.1) is 0 Å². The smallest absolute Gasteiger partial charge is 0.257 e. The van der Waals surface area contributed by atoms with Crippen LogP contribution in [-0.2, 0) is 0 Å². The molecule has 4 aliphatic rings. The molecular weight excluding hydrogens is 634 g/mol. The van der Waals surface area contributed by atoms with Gasteiger partial charge in [0.1, 0.15) is 23.0 Å². The number of para-hydroxylation sites is 4. The van der Waals surface area contributed by atoms with E-state index in [0.717, 1.165) is 45.7 Å². The van der Waals surface area contributed by atoms with Crippen molar-refractivity contribution in [3.05, 3.63) is 170 Å². The molecule has 0 saturated carbocycles. The van der Waals surface area contributed by atoms with Crippen molar-refractivity contribution in [1.82, 2.24) is 0 Å². The van der Waals surface area contributed by atoms with Crippen LogP contribution in [0.1, 0.15) is 0 Å². The van der Waals surface area contributed by atoms with E-state index in [-0.39, 0.29) is 13.4 Å². The Morgan fingerprint density at radius 1 is 0.308 bits per heavy atom. The zero-order valence-electron chi connectivity index (χ0n) is 28.0. The highest BCUT2D eigenvalue weighted by molar-refractivity contribution is 7.02. The van der Waals surface area contributed by atoms with Crippen molar-refractivity contribution in [1.29, 1.82) is 0 Å². The number of hydrogen-bond donors (Lipinski definition) is 0. The van der Waals surface area contributed by atoms with Crippen LogP contribution in [0.15, 0.2) is 170 Å². The Labute approximate surface area is 302 Å². The monoisotopic (exact) mass is 662 g/mol. The molecule has 8 aromatic rings. The zero-order valence-corrected chi connectivity index (χ0v) is 28.0. The molecule has 52 heavy (non-hydrogen) atoms. The molecule has 0 bridgehead atoms. The Kier molecular flexibility index (Phi) is 5.64. The topological polar surface area (TPSA) is 24.9 Å². The second kappa shape index (κ2) is 10.4. The maximum Gasteiger partial charge on any atom is 0.257 e. The fourth-order valence-corrected chi connectivity index (χ4v) is 9.38. The first-order valence-corrected chi connectivity index (χ1v) is 17.9. The van der Waals surface area contributed by atoms with E-state index in [1.807, 2.05) is 0 Å². The molecule has 4 aliphatic heterocycles. The standard InChI is InChI=1S/C46H28B2N2O2/c1-3-13-29(14-4-1)49-35-19-11-23-41-45(35)47(33-17-7-9-21-39(33)51-41)43-31-26-28-38-44(32(31)25-27-37(43)49)48-34-18-8-10-22-40(34)52-42-24-12-20-36(46(42)48)50(38)30-15-5-2-6-16-30/h1-28H. The number of anilines is 6. The van der Waals surface area contributed by atoms with Gasteiger partial charge in [-0.1, -0.05) is 97.1 Å². The van der Waals surface area contributed by atoms with Gasteiger partial charge in [-0.2, -0.15) is 0 Å². The van der Waals surface area contributed by atoms with Crippen molar-refractivity contribution < 1.29 is 9.47 Å². The minimum Gasteiger partial charge on any atom is -0.458 e. The molecule has 0 saturated heterocycles. The van der Waals surface area contributed by atoms with Gasteiger partial charge in [-0.05, 0) is 116 Å². The van der Waals surface area contributed by atoms with Gasteiger partial charge in [-0.25, -0.2) is 0 Å². The molecule has 4 heterocycles. The predicted molar refractivity (Wildman–Crippen MR) is 216 cm³/mol. The fourth-order valence-electron chi connectivity index (χ4n) is 9.38. The molecule has 8 aromatic carbocycles. The van der Waals surface area contributed by atoms with Gasteiger partial charge in [0.25, 0.3) is 13.4 Å². The first-order valence-electron chi connectivity index (χ1n) is 17.9. The molecule has 0 amide bonds. The van der Waals surface area contributed by atoms with Crippen LogP contribution >= 0.6 is 0 Å². The first kappa shape index (κ1) is 28.1. The van der Waals surface area contributed by atoms with Gasteiger partial charge in [-0.3, -0.25) is 0 Å². The highest BCUT2D eigenvalue weighted by atomic mass is 16.5. The van der Waals surface area contributed by atoms with Crippen LogP contribution in [0, 0.1) is 0 Å². The molecule has 0 aromatic heterocycles. The molecule has 0 radical (unpaired) electrons. The van der Waals surface area contributed by atoms with E-state index in [1.54, 1.807) is 0 Å². The number of benzene rings is 8. The molecule has 240 valence electrons. The quantitative estimate of drug-likeness (QED) is 0.178. The SMILES string of the molecule is c1ccc(N2c3cccc4c3B(c3ccccc3O4)c3c2ccc2c4c(ccc32)N(c2ccccc2)c2cccc3c2B4c2ccccc2O3)cc1. The number of hydrogen-bond acceptors (Lipinski definition) is 4. The minimum absolute atomic E-state index is 0.00787. The van der Waals surface area contributed by atoms with E-state index < -0.39 is 0 Å². The molecule has 6 heteroatoms. The lowest BCUT2D eigenvalue weighted by atomic mass is 9.32. The van der Waals surface area contributed by atoms with Gasteiger partial charge in [0.2, 0.25) is 0 Å². The Bertz CT molecular complexity index is 2600. The first-order chi connectivity index (χ1) is 25.8. The summed E-state index contributed by atoms with van der Waals surface area (Å²) in [5.74, 6) is 3.65. The second-order valence-corrected chi connectivity index (χ2v) is 14.0. The molecular formula is C46H28B2N2O2. The largest absolute Gasteiger partial charge is 0.458 e. The van der Waals surface area contributed by atoms with E-state index in [0.29, 0.717) is 0 Å². The van der Waals surface area contributed by atoms with Crippen LogP contribution in [0.5, 0.6) is 23.0 Å². The third-order valence-corrected chi connectivity index (χ3v) is 11.4. The number of ether oxygens (including phenoxy) is 2. The van der Waals surface area contributed by atoms with E-state index in [4.69, 9.17) is 9.47 Å². The Morgan fingerprint density at radius 3 is 1.15 bits per heavy atom. The Hall–Kier alpha value is -6.65. The van der Waals surface area contributed by atoms with Crippen molar-refractivity contribution in [2.24, 2.45) is 0 Å². The minimum atomic E-state index is -0.00787. The summed E-state index contributed by atoms with van der Waals surface area (Å²) in [5, 5.41) is 2.49. The lowest BCUT2D eigenvalue weighted by molar-refractivity contribution is 0.487. The maximum atomic E-state index is 6.68. The Balaban J connectivity index is 1.22. The lowest BCUT2D eigenvalue weighted by Crippen LogP contribution is -2.61. The van der Waals surface area contributed by atoms with Crippen molar-refractivity contribution in [3.63, 3.8) is 0 Å². The highest BCUT2D eigenvalue weighted by Gasteiger charge is 2.45. The molecule has 0 aliphatic carbocycles. The maximum absolute atomic E-state index is 6.68. The summed E-state index contributed by atoms with van der Waals surface area (Å²) in [6, 6.07) is 61.0. The lowest BCUT2D eigenvalue weighted by Gasteiger charge is -2.42. The van der Waals surface area contributed by atoms with E-state index in [9.17, 15) is 0 Å². The molecule has 0 unspecified atom stereocenters. The van der Waals surface area contributed by atoms with Crippen LogP contribution in [0.2, 0.25) is 0 Å². The second-order valence-electron chi connectivity index (χ2n) is 14.0. The average Bonchev–Trinajstić information content (AvgIpc) is 3.21. The van der Waals surface area contributed by atoms with Crippen molar-refractivity contribution in [3.8, 4) is 23.0 Å². The fraction of sp³-hybridized carbons (Fsp3) is 0. The van der Waals surface area contributed by atoms with E-state index >= 15 is 0 Å². The van der Waals surface area contributed by atoms with Crippen LogP contribution in [0.3, 0.4) is 0 Å². The summed E-state index contributed by atoms with van der Waals surface area (Å²) < 4.78 is 13.4. The van der Waals surface area contributed by atoms with Crippen molar-refractivity contribution >= 4 is 91.1 Å². The van der Waals surface area contributed by atoms with Crippen LogP contribution in [-0.4, -0.2) is 13.4 Å². The zero-order chi connectivity index (χ0) is 33.9. The van der Waals surface area contributed by atoms with Gasteiger partial charge in [0, 0.05) is 34.1 Å². The van der Waals surface area contributed by atoms with E-state index in [1.165, 1.54) is 54.9 Å². The van der Waals surface area contributed by atoms with Crippen molar-refractivity contribution in [2.75, 3.05) is 9.80 Å². The predicted octanol–water partition coefficient (Wildman–Crippen LogP) is 7.65. The Morgan fingerprint density at radius 2 is 0.692 bits per heavy atom. The highest BCUT2D eigenvalue weighted by Crippen LogP contribution is 2.45. The van der Waals surface area contributed by atoms with Gasteiger partial charge >= 0.3 is 0 Å². The van der Waals surface area contributed by atoms with Gasteiger partial charge < -0.3 is 19.3 Å². The summed E-state index contributed by atoms with van der Waals surface area (Å²) in [6.45, 7) is -0.0157. The van der Waals surface area contributed by atoms with Gasteiger partial charge in [0.05, 0.1) is 0 Å². The van der Waals surface area contributed by atoms with E-state index in [2.05, 4.69) is 180 Å². The molecule has 0 atom stereocenters. The summed E-state index contributed by atoms with van der Waals surface area (Å²) in [4.78, 5) is 4.85. The average molecular weight is 662 g/mol. The van der Waals surface area contributed by atoms with Crippen LogP contribution < -0.4 is 52.1 Å². The summed E-state index contributed by atoms with van der Waals surface area (Å²) in [7, 11) is 0. The summed E-state index contributed by atoms with van der Waals surface area (Å²) >= 11 is 0. The summed E-state index contributed by atoms with van der Waals surface area (Å²) in [6.07, 6.45) is 0. The molecule has 12 rings (SSSR count). The third-order valence-electron chi connectivity index (χ3n) is 11.4. The third kappa shape index (κ3) is 3.68. The molecule has 0 fully saturated rings. The van der Waals surface area contributed by atoms with Crippen LogP contribution in [0.25, 0.3) is 10.8 Å². The molecule has 4 nitrogen and oxygen atoms in total. The van der Waals surface area contributed by atoms with Gasteiger partial charge in [0.15, 0.2) is 0 Å². The number of rotatable bonds is 2. The number of fused-ring (bicyclic) bond motifs is 11. The summed E-state index contributed by atoms with van der Waals surface area (Å²) in [5.41, 5.74) is 14.3. The normalized spacial score (nSPS) is 13.9. The molecule has 0 N–H and O–H groups in total. The van der Waals surface area contributed by atoms with Crippen LogP contribution in [0.4, 0.5) is 34.1 Å². The van der Waals surface area contributed by atoms with Crippen molar-refractivity contribution in [2.45, 2.75) is 0 Å².